The maximum absolute atomic E-state index is 11.1. The van der Waals surface area contributed by atoms with Crippen molar-refractivity contribution in [2.75, 3.05) is 5.33 Å². The summed E-state index contributed by atoms with van der Waals surface area (Å²) in [5.41, 5.74) is 1.09. The number of carbonyl (C=O) groups excluding carboxylic acids is 1. The Morgan fingerprint density at radius 2 is 2.14 bits per heavy atom. The van der Waals surface area contributed by atoms with Crippen LogP contribution in [0.15, 0.2) is 24.3 Å². The van der Waals surface area contributed by atoms with Crippen LogP contribution in [0.5, 0.6) is 0 Å². The molecule has 0 aromatic heterocycles. The number of halogens is 1. The van der Waals surface area contributed by atoms with Crippen LogP contribution in [0.3, 0.4) is 0 Å². The summed E-state index contributed by atoms with van der Waals surface area (Å²) < 4.78 is 0. The van der Waals surface area contributed by atoms with Gasteiger partial charge in [0.1, 0.15) is 0 Å². The van der Waals surface area contributed by atoms with Crippen molar-refractivity contribution in [1.82, 2.24) is 0 Å². The van der Waals surface area contributed by atoms with E-state index in [4.69, 9.17) is 5.26 Å². The zero-order chi connectivity index (χ0) is 11.0. The first-order valence-corrected chi connectivity index (χ1v) is 5.49. The van der Waals surface area contributed by atoms with E-state index in [2.05, 4.69) is 15.9 Å². The molecular formula is C11H12BrNO. The predicted molar refractivity (Wildman–Crippen MR) is 60.6 cm³/mol. The van der Waals surface area contributed by atoms with Crippen molar-refractivity contribution >= 4 is 21.7 Å². The minimum absolute atomic E-state index is 0.00731. The number of benzene rings is 1. The van der Waals surface area contributed by atoms with E-state index in [-0.39, 0.29) is 5.78 Å². The van der Waals surface area contributed by atoms with E-state index in [9.17, 15) is 4.79 Å². The van der Waals surface area contributed by atoms with Gasteiger partial charge in [-0.15, -0.1) is 0 Å². The van der Waals surface area contributed by atoms with Gasteiger partial charge in [0.05, 0.1) is 17.0 Å². The fraction of sp³-hybridized carbons (Fsp3) is 0.273. The summed E-state index contributed by atoms with van der Waals surface area (Å²) in [5, 5.41) is 8.84. The van der Waals surface area contributed by atoms with Gasteiger partial charge in [0.2, 0.25) is 0 Å². The maximum atomic E-state index is 11.1. The molecule has 1 rings (SSSR count). The van der Waals surface area contributed by atoms with E-state index in [0.717, 1.165) is 0 Å². The van der Waals surface area contributed by atoms with Gasteiger partial charge in [0, 0.05) is 5.56 Å². The van der Waals surface area contributed by atoms with Gasteiger partial charge in [-0.3, -0.25) is 4.79 Å². The van der Waals surface area contributed by atoms with Crippen molar-refractivity contribution in [2.45, 2.75) is 13.8 Å². The minimum Gasteiger partial charge on any atom is -0.293 e. The highest BCUT2D eigenvalue weighted by Crippen LogP contribution is 2.05. The van der Waals surface area contributed by atoms with Crippen LogP contribution >= 0.6 is 15.9 Å². The number of rotatable bonds is 2. The zero-order valence-electron chi connectivity index (χ0n) is 8.25. The van der Waals surface area contributed by atoms with Crippen LogP contribution in [0.1, 0.15) is 29.8 Å². The third-order valence-electron chi connectivity index (χ3n) is 1.44. The average Bonchev–Trinajstić information content (AvgIpc) is 2.30. The van der Waals surface area contributed by atoms with Gasteiger partial charge >= 0.3 is 0 Å². The second kappa shape index (κ2) is 7.28. The molecule has 0 spiro atoms. The Morgan fingerprint density at radius 3 is 2.64 bits per heavy atom. The highest BCUT2D eigenvalue weighted by atomic mass is 79.9. The van der Waals surface area contributed by atoms with Crippen LogP contribution in [-0.4, -0.2) is 11.1 Å². The number of ketones is 1. The Morgan fingerprint density at radius 1 is 1.50 bits per heavy atom. The first kappa shape index (κ1) is 12.9. The van der Waals surface area contributed by atoms with Gasteiger partial charge in [0.25, 0.3) is 0 Å². The first-order valence-electron chi connectivity index (χ1n) is 4.37. The van der Waals surface area contributed by atoms with E-state index in [1.807, 2.05) is 19.9 Å². The number of Topliss-reactive ketones (excluding diaryl/α,β-unsaturated/α-hetero) is 1. The van der Waals surface area contributed by atoms with Crippen molar-refractivity contribution in [3.8, 4) is 6.07 Å². The Bertz CT molecular complexity index is 341. The quantitative estimate of drug-likeness (QED) is 0.600. The summed E-state index contributed by atoms with van der Waals surface area (Å²) >= 11 is 3.07. The molecule has 74 valence electrons. The summed E-state index contributed by atoms with van der Waals surface area (Å²) in [7, 11) is 0. The number of carbonyl (C=O) groups is 1. The standard InChI is InChI=1S/C9H6BrNO.C2H6/c10-5-9(12)8-3-1-2-7(4-8)6-11;1-2/h1-4H,5H2;1-2H3. The molecule has 0 N–H and O–H groups in total. The van der Waals surface area contributed by atoms with Crippen molar-refractivity contribution in [3.63, 3.8) is 0 Å². The van der Waals surface area contributed by atoms with Gasteiger partial charge in [-0.05, 0) is 12.1 Å². The Hall–Kier alpha value is -1.14. The molecule has 0 radical (unpaired) electrons. The van der Waals surface area contributed by atoms with Gasteiger partial charge < -0.3 is 0 Å². The van der Waals surface area contributed by atoms with Crippen LogP contribution in [-0.2, 0) is 0 Å². The fourth-order valence-corrected chi connectivity index (χ4v) is 1.16. The van der Waals surface area contributed by atoms with E-state index < -0.39 is 0 Å². The molecule has 0 atom stereocenters. The van der Waals surface area contributed by atoms with Crippen molar-refractivity contribution in [2.24, 2.45) is 0 Å². The molecule has 1 aromatic rings. The van der Waals surface area contributed by atoms with Crippen LogP contribution in [0.4, 0.5) is 0 Å². The van der Waals surface area contributed by atoms with Crippen LogP contribution in [0.2, 0.25) is 0 Å². The molecule has 0 bridgehead atoms. The Labute approximate surface area is 92.7 Å². The second-order valence-corrected chi connectivity index (χ2v) is 2.81. The summed E-state index contributed by atoms with van der Waals surface area (Å²) in [6.07, 6.45) is 0. The summed E-state index contributed by atoms with van der Waals surface area (Å²) in [6, 6.07) is 8.64. The van der Waals surface area contributed by atoms with Crippen molar-refractivity contribution in [1.29, 1.82) is 5.26 Å². The molecule has 0 unspecified atom stereocenters. The zero-order valence-corrected chi connectivity index (χ0v) is 9.84. The molecule has 0 aliphatic rings. The number of hydrogen-bond acceptors (Lipinski definition) is 2. The summed E-state index contributed by atoms with van der Waals surface area (Å²) in [6.45, 7) is 4.00. The van der Waals surface area contributed by atoms with Crippen LogP contribution < -0.4 is 0 Å². The number of nitriles is 1. The molecular weight excluding hydrogens is 242 g/mol. The SMILES string of the molecule is CC.N#Cc1cccc(C(=O)CBr)c1. The molecule has 0 saturated heterocycles. The normalized spacial score (nSPS) is 8.14. The van der Waals surface area contributed by atoms with E-state index in [1.54, 1.807) is 24.3 Å². The summed E-state index contributed by atoms with van der Waals surface area (Å²) in [5.74, 6) is -0.00731. The van der Waals surface area contributed by atoms with Gasteiger partial charge in [0.15, 0.2) is 5.78 Å². The lowest BCUT2D eigenvalue weighted by molar-refractivity contribution is 0.102. The van der Waals surface area contributed by atoms with Crippen LogP contribution in [0.25, 0.3) is 0 Å². The molecule has 14 heavy (non-hydrogen) atoms. The molecule has 1 aromatic carbocycles. The van der Waals surface area contributed by atoms with E-state index in [1.165, 1.54) is 0 Å². The lowest BCUT2D eigenvalue weighted by atomic mass is 10.1. The highest BCUT2D eigenvalue weighted by molar-refractivity contribution is 9.09. The second-order valence-electron chi connectivity index (χ2n) is 2.25. The number of nitrogens with zero attached hydrogens (tertiary/aromatic N) is 1. The predicted octanol–water partition coefficient (Wildman–Crippen LogP) is 3.16. The van der Waals surface area contributed by atoms with Crippen molar-refractivity contribution in [3.05, 3.63) is 35.4 Å². The number of alkyl halides is 1. The molecule has 0 aliphatic heterocycles. The lowest BCUT2D eigenvalue weighted by Crippen LogP contribution is -1.99. The molecule has 2 nitrogen and oxygen atoms in total. The highest BCUT2D eigenvalue weighted by Gasteiger charge is 2.03. The first-order chi connectivity index (χ1) is 6.77. The monoisotopic (exact) mass is 253 g/mol. The third kappa shape index (κ3) is 3.71. The largest absolute Gasteiger partial charge is 0.293 e. The smallest absolute Gasteiger partial charge is 0.173 e. The molecule has 0 saturated carbocycles. The van der Waals surface area contributed by atoms with Gasteiger partial charge in [-0.1, -0.05) is 41.9 Å². The van der Waals surface area contributed by atoms with Gasteiger partial charge in [-0.25, -0.2) is 0 Å². The Balaban J connectivity index is 0.000000791. The molecule has 0 aliphatic carbocycles. The fourth-order valence-electron chi connectivity index (χ4n) is 0.839. The average molecular weight is 254 g/mol. The number of hydrogen-bond donors (Lipinski definition) is 0. The molecule has 0 heterocycles. The maximum Gasteiger partial charge on any atom is 0.173 e. The van der Waals surface area contributed by atoms with Crippen molar-refractivity contribution < 1.29 is 4.79 Å². The summed E-state index contributed by atoms with van der Waals surface area (Å²) in [4.78, 5) is 11.1. The van der Waals surface area contributed by atoms with Crippen LogP contribution in [0, 0.1) is 11.3 Å². The third-order valence-corrected chi connectivity index (χ3v) is 1.94. The van der Waals surface area contributed by atoms with E-state index >= 15 is 0 Å². The lowest BCUT2D eigenvalue weighted by Gasteiger charge is -1.95. The molecule has 0 fully saturated rings. The van der Waals surface area contributed by atoms with E-state index in [0.29, 0.717) is 16.5 Å². The minimum atomic E-state index is -0.00731. The Kier molecular flexibility index (Phi) is 6.69. The van der Waals surface area contributed by atoms with Gasteiger partial charge in [-0.2, -0.15) is 5.26 Å². The topological polar surface area (TPSA) is 40.9 Å². The molecule has 3 heteroatoms. The molecule has 0 amide bonds.